The number of hydrogen-bond acceptors (Lipinski definition) is 3. The third-order valence-corrected chi connectivity index (χ3v) is 3.69. The Labute approximate surface area is 115 Å². The lowest BCUT2D eigenvalue weighted by Crippen LogP contribution is -2.48. The van der Waals surface area contributed by atoms with Gasteiger partial charge in [0.1, 0.15) is 0 Å². The summed E-state index contributed by atoms with van der Waals surface area (Å²) in [6.45, 7) is 6.43. The minimum absolute atomic E-state index is 0.00809. The van der Waals surface area contributed by atoms with Gasteiger partial charge in [0.25, 0.3) is 0 Å². The molecule has 0 radical (unpaired) electrons. The zero-order chi connectivity index (χ0) is 14.7. The molecule has 0 atom stereocenters. The van der Waals surface area contributed by atoms with Crippen molar-refractivity contribution < 1.29 is 9.59 Å². The molecule has 0 spiro atoms. The summed E-state index contributed by atoms with van der Waals surface area (Å²) in [6.07, 6.45) is 3.66. The van der Waals surface area contributed by atoms with Crippen LogP contribution in [-0.4, -0.2) is 42.4 Å². The van der Waals surface area contributed by atoms with Crippen LogP contribution in [0.1, 0.15) is 46.5 Å². The Morgan fingerprint density at radius 1 is 1.32 bits per heavy atom. The quantitative estimate of drug-likeness (QED) is 0.778. The smallest absolute Gasteiger partial charge is 0.240 e. The number of nitrogens with two attached hydrogens (primary N) is 1. The average molecular weight is 269 g/mol. The molecule has 0 aromatic rings. The van der Waals surface area contributed by atoms with E-state index >= 15 is 0 Å². The second kappa shape index (κ2) is 5.90. The van der Waals surface area contributed by atoms with Gasteiger partial charge in [0.05, 0.1) is 6.54 Å². The lowest BCUT2D eigenvalue weighted by Gasteiger charge is -2.41. The number of nitrogens with one attached hydrogen (secondary N) is 1. The Kier molecular flexibility index (Phi) is 4.96. The number of nitrogens with zero attached hydrogens (tertiary/aromatic N) is 1. The minimum Gasteiger partial charge on any atom is -0.350 e. The molecule has 0 saturated heterocycles. The summed E-state index contributed by atoms with van der Waals surface area (Å²) in [6, 6.07) is 0. The van der Waals surface area contributed by atoms with Crippen molar-refractivity contribution in [1.29, 1.82) is 0 Å². The van der Waals surface area contributed by atoms with E-state index in [0.29, 0.717) is 13.0 Å². The zero-order valence-corrected chi connectivity index (χ0v) is 12.6. The third-order valence-electron chi connectivity index (χ3n) is 3.69. The molecule has 5 nitrogen and oxygen atoms in total. The molecule has 110 valence electrons. The molecule has 1 aliphatic carbocycles. The number of likely N-dealkylation sites (N-methyl/N-ethyl adjacent to an activating group) is 1. The third kappa shape index (κ3) is 4.82. The second-order valence-electron chi connectivity index (χ2n) is 6.78. The van der Waals surface area contributed by atoms with E-state index in [0.717, 1.165) is 19.3 Å². The highest BCUT2D eigenvalue weighted by Crippen LogP contribution is 2.43. The summed E-state index contributed by atoms with van der Waals surface area (Å²) in [5.74, 6) is -0.118. The van der Waals surface area contributed by atoms with E-state index < -0.39 is 0 Å². The molecule has 1 rings (SSSR count). The van der Waals surface area contributed by atoms with Gasteiger partial charge >= 0.3 is 0 Å². The van der Waals surface area contributed by atoms with Gasteiger partial charge in [-0.1, -0.05) is 6.42 Å². The molecule has 5 heteroatoms. The van der Waals surface area contributed by atoms with Crippen LogP contribution in [0.4, 0.5) is 0 Å². The van der Waals surface area contributed by atoms with Gasteiger partial charge in [-0.25, -0.2) is 0 Å². The molecule has 1 saturated carbocycles. The topological polar surface area (TPSA) is 75.4 Å². The highest BCUT2D eigenvalue weighted by Gasteiger charge is 2.38. The van der Waals surface area contributed by atoms with Crippen LogP contribution in [-0.2, 0) is 9.59 Å². The van der Waals surface area contributed by atoms with Crippen molar-refractivity contribution in [2.24, 2.45) is 11.1 Å². The molecule has 1 aliphatic rings. The van der Waals surface area contributed by atoms with Crippen LogP contribution < -0.4 is 11.1 Å². The zero-order valence-electron chi connectivity index (χ0n) is 12.6. The minimum atomic E-state index is -0.270. The van der Waals surface area contributed by atoms with Crippen molar-refractivity contribution in [2.75, 3.05) is 20.1 Å². The molecule has 3 N–H and O–H groups in total. The molecular weight excluding hydrogens is 242 g/mol. The molecule has 0 aromatic carbocycles. The maximum atomic E-state index is 12.1. The van der Waals surface area contributed by atoms with E-state index in [1.54, 1.807) is 7.05 Å². The van der Waals surface area contributed by atoms with Crippen LogP contribution in [0.25, 0.3) is 0 Å². The van der Waals surface area contributed by atoms with Crippen LogP contribution in [0.15, 0.2) is 0 Å². The Morgan fingerprint density at radius 3 is 2.26 bits per heavy atom. The lowest BCUT2D eigenvalue weighted by molar-refractivity contribution is -0.138. The van der Waals surface area contributed by atoms with Crippen molar-refractivity contribution >= 4 is 11.8 Å². The molecule has 0 aliphatic heterocycles. The molecular formula is C14H27N3O2. The van der Waals surface area contributed by atoms with Gasteiger partial charge in [-0.2, -0.15) is 0 Å². The second-order valence-corrected chi connectivity index (χ2v) is 6.78. The van der Waals surface area contributed by atoms with Gasteiger partial charge in [0, 0.05) is 19.0 Å². The summed E-state index contributed by atoms with van der Waals surface area (Å²) >= 11 is 0. The summed E-state index contributed by atoms with van der Waals surface area (Å²) in [5.41, 5.74) is 5.47. The molecule has 0 aromatic heterocycles. The molecule has 19 heavy (non-hydrogen) atoms. The normalized spacial score (nSPS) is 17.5. The summed E-state index contributed by atoms with van der Waals surface area (Å²) in [4.78, 5) is 25.4. The summed E-state index contributed by atoms with van der Waals surface area (Å²) in [5, 5.41) is 2.85. The van der Waals surface area contributed by atoms with Gasteiger partial charge in [-0.05, 0) is 45.6 Å². The average Bonchev–Trinajstić information content (AvgIpc) is 2.20. The monoisotopic (exact) mass is 269 g/mol. The van der Waals surface area contributed by atoms with Gasteiger partial charge in [0.15, 0.2) is 0 Å². The molecule has 1 fully saturated rings. The molecule has 0 heterocycles. The highest BCUT2D eigenvalue weighted by atomic mass is 16.2. The van der Waals surface area contributed by atoms with E-state index in [4.69, 9.17) is 5.73 Å². The van der Waals surface area contributed by atoms with E-state index in [1.807, 2.05) is 20.8 Å². The predicted octanol–water partition coefficient (Wildman–Crippen LogP) is 0.879. The van der Waals surface area contributed by atoms with Crippen LogP contribution in [0.5, 0.6) is 0 Å². The van der Waals surface area contributed by atoms with Gasteiger partial charge in [-0.3, -0.25) is 9.59 Å². The van der Waals surface area contributed by atoms with E-state index in [1.165, 1.54) is 4.90 Å². The number of carbonyl (C=O) groups is 2. The first-order chi connectivity index (χ1) is 8.67. The molecule has 0 unspecified atom stereocenters. The number of hydrogen-bond donors (Lipinski definition) is 2. The van der Waals surface area contributed by atoms with E-state index in [-0.39, 0.29) is 29.3 Å². The van der Waals surface area contributed by atoms with Crippen LogP contribution >= 0.6 is 0 Å². The first kappa shape index (κ1) is 16.0. The Bertz CT molecular complexity index is 338. The maximum absolute atomic E-state index is 12.1. The van der Waals surface area contributed by atoms with Crippen LogP contribution in [0, 0.1) is 5.41 Å². The fourth-order valence-corrected chi connectivity index (χ4v) is 2.35. The fourth-order valence-electron chi connectivity index (χ4n) is 2.35. The summed E-state index contributed by atoms with van der Waals surface area (Å²) < 4.78 is 0. The highest BCUT2D eigenvalue weighted by molar-refractivity contribution is 5.85. The van der Waals surface area contributed by atoms with Crippen molar-refractivity contribution in [2.45, 2.75) is 52.0 Å². The van der Waals surface area contributed by atoms with Crippen molar-refractivity contribution in [3.63, 3.8) is 0 Å². The van der Waals surface area contributed by atoms with E-state index in [9.17, 15) is 9.59 Å². The Morgan fingerprint density at radius 2 is 1.89 bits per heavy atom. The fraction of sp³-hybridized carbons (Fsp3) is 0.857. The Hall–Kier alpha value is -1.10. The lowest BCUT2D eigenvalue weighted by atomic mass is 9.66. The largest absolute Gasteiger partial charge is 0.350 e. The van der Waals surface area contributed by atoms with Crippen molar-refractivity contribution in [3.05, 3.63) is 0 Å². The van der Waals surface area contributed by atoms with E-state index in [2.05, 4.69) is 5.32 Å². The standard InChI is InChI=1S/C14H27N3O2/c1-13(2,3)16-11(18)9-17(4)12(19)8-14(10-15)6-5-7-14/h5-10,15H2,1-4H3,(H,16,18). The van der Waals surface area contributed by atoms with Gasteiger partial charge < -0.3 is 16.0 Å². The first-order valence-corrected chi connectivity index (χ1v) is 6.92. The number of carbonyl (C=O) groups excluding carboxylic acids is 2. The maximum Gasteiger partial charge on any atom is 0.240 e. The van der Waals surface area contributed by atoms with Gasteiger partial charge in [-0.15, -0.1) is 0 Å². The Balaban J connectivity index is 2.42. The SMILES string of the molecule is CN(CC(=O)NC(C)(C)C)C(=O)CC1(CN)CCC1. The van der Waals surface area contributed by atoms with Gasteiger partial charge in [0.2, 0.25) is 11.8 Å². The van der Waals surface area contributed by atoms with Crippen LogP contribution in [0.2, 0.25) is 0 Å². The number of rotatable bonds is 5. The van der Waals surface area contributed by atoms with Crippen LogP contribution in [0.3, 0.4) is 0 Å². The molecule has 2 amide bonds. The van der Waals surface area contributed by atoms with Crippen molar-refractivity contribution in [1.82, 2.24) is 10.2 Å². The predicted molar refractivity (Wildman–Crippen MR) is 75.5 cm³/mol. The summed E-state index contributed by atoms with van der Waals surface area (Å²) in [7, 11) is 1.67. The molecule has 0 bridgehead atoms. The first-order valence-electron chi connectivity index (χ1n) is 6.92. The van der Waals surface area contributed by atoms with Crippen molar-refractivity contribution in [3.8, 4) is 0 Å². The number of amides is 2.